The second-order valence-corrected chi connectivity index (χ2v) is 18.6. The van der Waals surface area contributed by atoms with Crippen molar-refractivity contribution in [1.29, 1.82) is 5.41 Å². The van der Waals surface area contributed by atoms with Crippen LogP contribution in [-0.4, -0.2) is 96.0 Å². The van der Waals surface area contributed by atoms with Gasteiger partial charge in [0, 0.05) is 56.1 Å². The van der Waals surface area contributed by atoms with Gasteiger partial charge in [0.05, 0.1) is 12.5 Å². The molecule has 11 nitrogen and oxygen atoms in total. The number of guanidine groups is 1. The summed E-state index contributed by atoms with van der Waals surface area (Å²) >= 11 is 0. The normalized spacial score (nSPS) is 15.1. The van der Waals surface area contributed by atoms with E-state index in [-0.39, 0.29) is 0 Å². The minimum atomic E-state index is -3.37. The van der Waals surface area contributed by atoms with E-state index in [4.69, 9.17) is 5.41 Å². The van der Waals surface area contributed by atoms with Crippen molar-refractivity contribution >= 4 is 43.4 Å². The molecule has 0 atom stereocenters. The first-order valence-corrected chi connectivity index (χ1v) is 24.6. The number of amidine groups is 2. The van der Waals surface area contributed by atoms with Crippen LogP contribution >= 0.6 is 0 Å². The molecule has 4 aromatic rings. The summed E-state index contributed by atoms with van der Waals surface area (Å²) in [6.07, 6.45) is 7.84. The highest BCUT2D eigenvalue weighted by atomic mass is 32.2. The van der Waals surface area contributed by atoms with Crippen molar-refractivity contribution in [3.05, 3.63) is 136 Å². The predicted octanol–water partition coefficient (Wildman–Crippen LogP) is 8.65. The molecular weight excluding hydrogens is 791 g/mol. The molecule has 0 aromatic heterocycles. The Labute approximate surface area is 361 Å². The Balaban J connectivity index is 0.000000217. The third-order valence-corrected chi connectivity index (χ3v) is 10.7. The van der Waals surface area contributed by atoms with Gasteiger partial charge in [-0.2, -0.15) is 0 Å². The van der Waals surface area contributed by atoms with Crippen LogP contribution in [0.5, 0.6) is 0 Å². The molecule has 2 saturated heterocycles. The topological polar surface area (TPSA) is 139 Å². The number of hydrogen-bond acceptors (Lipinski definition) is 7. The third kappa shape index (κ3) is 17.7. The lowest BCUT2D eigenvalue weighted by Crippen LogP contribution is -2.46. The van der Waals surface area contributed by atoms with Gasteiger partial charge < -0.3 is 14.7 Å². The summed E-state index contributed by atoms with van der Waals surface area (Å²) in [5.74, 6) is 1.67. The van der Waals surface area contributed by atoms with Crippen molar-refractivity contribution in [2.45, 2.75) is 80.6 Å². The van der Waals surface area contributed by atoms with Crippen LogP contribution < -0.4 is 9.62 Å². The maximum Gasteiger partial charge on any atom is 0.252 e. The van der Waals surface area contributed by atoms with Gasteiger partial charge in [-0.3, -0.25) is 15.1 Å². The monoisotopic (exact) mass is 857 g/mol. The van der Waals surface area contributed by atoms with Crippen LogP contribution in [0.25, 0.3) is 0 Å². The van der Waals surface area contributed by atoms with E-state index in [0.29, 0.717) is 24.2 Å². The predicted molar refractivity (Wildman–Crippen MR) is 253 cm³/mol. The van der Waals surface area contributed by atoms with Gasteiger partial charge in [0.25, 0.3) is 10.0 Å². The highest BCUT2D eigenvalue weighted by Crippen LogP contribution is 2.19. The van der Waals surface area contributed by atoms with Crippen LogP contribution in [0.3, 0.4) is 0 Å². The van der Waals surface area contributed by atoms with E-state index >= 15 is 0 Å². The van der Waals surface area contributed by atoms with Crippen LogP contribution in [0.2, 0.25) is 0 Å². The van der Waals surface area contributed by atoms with Crippen LogP contribution in [0.1, 0.15) is 84.9 Å². The minimum absolute atomic E-state index is 0.410. The molecular formula is C47H67N7O4S2. The zero-order valence-electron chi connectivity index (χ0n) is 37.2. The van der Waals surface area contributed by atoms with Crippen LogP contribution in [-0.2, 0) is 20.0 Å². The van der Waals surface area contributed by atoms with Gasteiger partial charge in [-0.25, -0.2) is 16.8 Å². The van der Waals surface area contributed by atoms with E-state index in [1.54, 1.807) is 0 Å². The Hall–Kier alpha value is -5.01. The number of likely N-dealkylation sites (tertiary alicyclic amines) is 2. The van der Waals surface area contributed by atoms with Gasteiger partial charge in [0.1, 0.15) is 11.7 Å². The molecule has 3 aliphatic heterocycles. The first-order valence-electron chi connectivity index (χ1n) is 20.9. The van der Waals surface area contributed by atoms with Crippen molar-refractivity contribution in [2.75, 3.05) is 56.7 Å². The summed E-state index contributed by atoms with van der Waals surface area (Å²) in [6, 6.07) is 32.5. The molecule has 2 fully saturated rings. The quantitative estimate of drug-likeness (QED) is 0.151. The van der Waals surface area contributed by atoms with E-state index in [0.717, 1.165) is 86.9 Å². The first kappa shape index (κ1) is 49.4. The zero-order valence-corrected chi connectivity index (χ0v) is 38.8. The van der Waals surface area contributed by atoms with Gasteiger partial charge in [-0.15, -0.1) is 4.40 Å². The van der Waals surface area contributed by atoms with Gasteiger partial charge in [-0.1, -0.05) is 127 Å². The molecule has 0 bridgehead atoms. The van der Waals surface area contributed by atoms with Crippen molar-refractivity contribution in [1.82, 2.24) is 14.5 Å². The van der Waals surface area contributed by atoms with Gasteiger partial charge in [0.2, 0.25) is 16.0 Å². The summed E-state index contributed by atoms with van der Waals surface area (Å²) in [5, 5.41) is 8.02. The van der Waals surface area contributed by atoms with E-state index in [1.807, 2.05) is 98.2 Å². The SMILES string of the molecule is CC.Cc1ccc(/C(=N/S(C)(=O)=O)N2CCCC2)cc1.Cc1ccc(C(=N)N2CCCC2)cc1.Cc1ccc(C)cc1.Cc1ccc(N2CCCN=C2NS(C)(=O)=O)cc1. The van der Waals surface area contributed by atoms with E-state index in [1.165, 1.54) is 35.1 Å². The second kappa shape index (κ2) is 24.3. The molecule has 0 spiro atoms. The number of sulfonamides is 2. The molecule has 3 aliphatic rings. The number of anilines is 1. The fourth-order valence-corrected chi connectivity index (χ4v) is 7.43. The summed E-state index contributed by atoms with van der Waals surface area (Å²) in [5.41, 5.74) is 9.10. The lowest BCUT2D eigenvalue weighted by molar-refractivity contribution is 0.517. The van der Waals surface area contributed by atoms with Crippen LogP contribution in [0, 0.1) is 40.0 Å². The molecule has 7 rings (SSSR count). The lowest BCUT2D eigenvalue weighted by Gasteiger charge is -2.29. The summed E-state index contributed by atoms with van der Waals surface area (Å²) < 4.78 is 51.8. The number of aryl methyl sites for hydroxylation is 5. The Kier molecular flexibility index (Phi) is 20.0. The largest absolute Gasteiger partial charge is 0.357 e. The number of hydrogen-bond donors (Lipinski definition) is 2. The molecule has 2 N–H and O–H groups in total. The highest BCUT2D eigenvalue weighted by Gasteiger charge is 2.21. The number of benzene rings is 4. The number of nitrogens with zero attached hydrogens (tertiary/aromatic N) is 5. The van der Waals surface area contributed by atoms with Crippen molar-refractivity contribution in [3.63, 3.8) is 0 Å². The minimum Gasteiger partial charge on any atom is -0.357 e. The highest BCUT2D eigenvalue weighted by molar-refractivity contribution is 7.89. The summed E-state index contributed by atoms with van der Waals surface area (Å²) in [4.78, 5) is 10.3. The lowest BCUT2D eigenvalue weighted by atomic mass is 10.1. The number of nitrogens with one attached hydrogen (secondary N) is 2. The van der Waals surface area contributed by atoms with Crippen LogP contribution in [0.15, 0.2) is 106 Å². The number of aliphatic imine (C=N–C) groups is 1. The fraction of sp³-hybridized carbons (Fsp3) is 0.426. The zero-order chi connectivity index (χ0) is 44.3. The molecule has 0 radical (unpaired) electrons. The molecule has 0 unspecified atom stereocenters. The van der Waals surface area contributed by atoms with Crippen molar-refractivity contribution in [2.24, 2.45) is 9.39 Å². The average molecular weight is 858 g/mol. The van der Waals surface area contributed by atoms with E-state index in [9.17, 15) is 16.8 Å². The summed E-state index contributed by atoms with van der Waals surface area (Å²) in [6.45, 7) is 19.6. The van der Waals surface area contributed by atoms with Crippen molar-refractivity contribution in [3.8, 4) is 0 Å². The smallest absolute Gasteiger partial charge is 0.252 e. The average Bonchev–Trinajstić information content (AvgIpc) is 3.96. The molecule has 326 valence electrons. The molecule has 0 aliphatic carbocycles. The number of rotatable bonds is 5. The maximum absolute atomic E-state index is 11.4. The van der Waals surface area contributed by atoms with Crippen LogP contribution in [0.4, 0.5) is 5.69 Å². The fourth-order valence-electron chi connectivity index (χ4n) is 6.39. The molecule has 4 aromatic carbocycles. The third-order valence-electron chi connectivity index (χ3n) is 9.61. The Bertz CT molecular complexity index is 2170. The van der Waals surface area contributed by atoms with Crippen molar-refractivity contribution < 1.29 is 16.8 Å². The standard InChI is InChI=1S/C13H18N2O2S.C12H17N3O2S.C12H16N2.C8H10.C2H6/c1-11-5-7-12(8-6-11)13(14-18(2,16)17)15-9-3-4-10-15;1-10-4-6-11(7-5-10)15-9-3-8-13-12(15)14-18(2,16)17;1-10-4-6-11(7-5-10)12(13)14-8-2-3-9-14;1-7-3-5-8(2)6-4-7;1-2/h5-8H,3-4,9-10H2,1-2H3;4-7H,3,8-9H2,1-2H3,(H,13,14);4-7,13H,2-3,8-9H2,1H3;3-6H,1-2H3;1-2H3/b14-13-;;;;. The Morgan fingerprint density at radius 2 is 0.950 bits per heavy atom. The van der Waals surface area contributed by atoms with Gasteiger partial charge in [-0.05, 0) is 78.9 Å². The van der Waals surface area contributed by atoms with E-state index in [2.05, 4.69) is 76.2 Å². The molecule has 0 saturated carbocycles. The van der Waals surface area contributed by atoms with E-state index < -0.39 is 20.0 Å². The maximum atomic E-state index is 11.4. The second-order valence-electron chi connectivity index (χ2n) is 15.2. The summed E-state index contributed by atoms with van der Waals surface area (Å²) in [7, 11) is -6.67. The molecule has 13 heteroatoms. The molecule has 0 amide bonds. The van der Waals surface area contributed by atoms with Gasteiger partial charge in [0.15, 0.2) is 0 Å². The Morgan fingerprint density at radius 1 is 0.567 bits per heavy atom. The van der Waals surface area contributed by atoms with Gasteiger partial charge >= 0.3 is 0 Å². The molecule has 3 heterocycles. The molecule has 60 heavy (non-hydrogen) atoms. The Morgan fingerprint density at radius 3 is 1.37 bits per heavy atom. The first-order chi connectivity index (χ1) is 28.5.